The summed E-state index contributed by atoms with van der Waals surface area (Å²) in [4.78, 5) is 4.79. The van der Waals surface area contributed by atoms with Gasteiger partial charge in [-0.05, 0) is 49.0 Å². The van der Waals surface area contributed by atoms with Crippen molar-refractivity contribution in [3.63, 3.8) is 0 Å². The second-order valence-corrected chi connectivity index (χ2v) is 6.37. The van der Waals surface area contributed by atoms with E-state index in [4.69, 9.17) is 4.99 Å². The summed E-state index contributed by atoms with van der Waals surface area (Å²) in [7, 11) is 0. The van der Waals surface area contributed by atoms with Gasteiger partial charge in [0.25, 0.3) is 0 Å². The topological polar surface area (TPSA) is 36.9 Å². The summed E-state index contributed by atoms with van der Waals surface area (Å²) in [6.07, 6.45) is 2.38. The molecule has 132 valence electrons. The maximum absolute atomic E-state index is 12.5. The van der Waals surface area contributed by atoms with Crippen molar-refractivity contribution in [1.29, 1.82) is 0 Å². The minimum Gasteiger partial charge on any atom is -0.406 e. The van der Waals surface area contributed by atoms with Crippen LogP contribution in [0.5, 0.6) is 5.75 Å². The number of rotatable bonds is 4. The summed E-state index contributed by atoms with van der Waals surface area (Å²) in [5.41, 5.74) is 5.92. The van der Waals surface area contributed by atoms with E-state index in [2.05, 4.69) is 17.1 Å². The van der Waals surface area contributed by atoms with E-state index >= 15 is 0 Å². The molecule has 1 aromatic carbocycles. The molecule has 0 amide bonds. The number of halogens is 3. The van der Waals surface area contributed by atoms with Crippen molar-refractivity contribution >= 4 is 11.5 Å². The van der Waals surface area contributed by atoms with Crippen molar-refractivity contribution in [3.8, 4) is 5.75 Å². The number of aliphatic imine (C=N–C) groups is 1. The first kappa shape index (κ1) is 16.2. The molecule has 0 radical (unpaired) electrons. The molecule has 2 aliphatic heterocycles. The Bertz CT molecular complexity index is 778. The number of nitrogens with one attached hydrogen (secondary N) is 1. The normalized spacial score (nSPS) is 23.0. The van der Waals surface area contributed by atoms with Crippen LogP contribution in [-0.2, 0) is 0 Å². The van der Waals surface area contributed by atoms with Gasteiger partial charge >= 0.3 is 6.36 Å². The fourth-order valence-corrected chi connectivity index (χ4v) is 3.13. The first-order chi connectivity index (χ1) is 11.9. The Morgan fingerprint density at radius 2 is 2.08 bits per heavy atom. The third-order valence-electron chi connectivity index (χ3n) is 4.52. The molecule has 7 heteroatoms. The van der Waals surface area contributed by atoms with Crippen molar-refractivity contribution in [2.24, 2.45) is 10.9 Å². The van der Waals surface area contributed by atoms with Crippen molar-refractivity contribution in [2.45, 2.75) is 38.7 Å². The Morgan fingerprint density at radius 1 is 1.28 bits per heavy atom. The molecule has 1 saturated carbocycles. The number of allylic oxidation sites excluding steroid dienone is 2. The number of alkyl halides is 3. The van der Waals surface area contributed by atoms with Crippen LogP contribution in [-0.4, -0.2) is 23.4 Å². The van der Waals surface area contributed by atoms with E-state index in [1.807, 2.05) is 17.2 Å². The van der Waals surface area contributed by atoms with Crippen LogP contribution in [0.3, 0.4) is 0 Å². The minimum absolute atomic E-state index is 0.0426. The zero-order valence-corrected chi connectivity index (χ0v) is 13.7. The molecule has 25 heavy (non-hydrogen) atoms. The van der Waals surface area contributed by atoms with Crippen molar-refractivity contribution in [1.82, 2.24) is 10.4 Å². The molecule has 0 spiro atoms. The monoisotopic (exact) mass is 349 g/mol. The highest BCUT2D eigenvalue weighted by molar-refractivity contribution is 6.06. The van der Waals surface area contributed by atoms with E-state index in [-0.39, 0.29) is 11.9 Å². The zero-order chi connectivity index (χ0) is 17.6. The van der Waals surface area contributed by atoms with Crippen LogP contribution >= 0.6 is 0 Å². The molecular weight excluding hydrogens is 331 g/mol. The van der Waals surface area contributed by atoms with Gasteiger partial charge < -0.3 is 4.74 Å². The van der Waals surface area contributed by atoms with Crippen LogP contribution in [0.15, 0.2) is 47.0 Å². The molecule has 1 fully saturated rings. The largest absolute Gasteiger partial charge is 0.573 e. The number of hydrazine groups is 1. The maximum atomic E-state index is 12.5. The number of hydrogen-bond acceptors (Lipinski definition) is 4. The summed E-state index contributed by atoms with van der Waals surface area (Å²) < 4.78 is 41.5. The van der Waals surface area contributed by atoms with Gasteiger partial charge in [0.2, 0.25) is 0 Å². The first-order valence-electron chi connectivity index (χ1n) is 8.36. The smallest absolute Gasteiger partial charge is 0.406 e. The lowest BCUT2D eigenvalue weighted by Crippen LogP contribution is -2.41. The average molecular weight is 349 g/mol. The van der Waals surface area contributed by atoms with Crippen molar-refractivity contribution < 1.29 is 17.9 Å². The number of amidine groups is 1. The summed E-state index contributed by atoms with van der Waals surface area (Å²) in [6.45, 7) is 2.06. The number of hydrogen-bond donors (Lipinski definition) is 1. The Labute approximate surface area is 143 Å². The predicted octanol–water partition coefficient (Wildman–Crippen LogP) is 4.23. The lowest BCUT2D eigenvalue weighted by Gasteiger charge is -2.28. The van der Waals surface area contributed by atoms with Gasteiger partial charge in [0.05, 0.1) is 5.70 Å². The van der Waals surface area contributed by atoms with E-state index in [0.717, 1.165) is 36.4 Å². The Morgan fingerprint density at radius 3 is 2.76 bits per heavy atom. The number of benzene rings is 1. The third kappa shape index (κ3) is 3.28. The van der Waals surface area contributed by atoms with Gasteiger partial charge in [0.15, 0.2) is 0 Å². The van der Waals surface area contributed by atoms with E-state index in [1.54, 1.807) is 12.1 Å². The zero-order valence-electron chi connectivity index (χ0n) is 13.7. The molecule has 4 rings (SSSR count). The molecular formula is C18H18F3N3O. The summed E-state index contributed by atoms with van der Waals surface area (Å²) in [5.74, 6) is 1.17. The van der Waals surface area contributed by atoms with E-state index in [9.17, 15) is 13.2 Å². The first-order valence-corrected chi connectivity index (χ1v) is 8.36. The molecule has 1 unspecified atom stereocenters. The van der Waals surface area contributed by atoms with Gasteiger partial charge in [-0.3, -0.25) is 5.01 Å². The van der Waals surface area contributed by atoms with Crippen LogP contribution in [0.25, 0.3) is 5.70 Å². The molecule has 0 saturated heterocycles. The molecule has 1 N–H and O–H groups in total. The van der Waals surface area contributed by atoms with Crippen LogP contribution in [0.2, 0.25) is 0 Å². The molecule has 1 aliphatic carbocycles. The van der Waals surface area contributed by atoms with Gasteiger partial charge in [-0.2, -0.15) is 0 Å². The fourth-order valence-electron chi connectivity index (χ4n) is 3.13. The van der Waals surface area contributed by atoms with Crippen molar-refractivity contribution in [3.05, 3.63) is 47.6 Å². The van der Waals surface area contributed by atoms with Gasteiger partial charge in [0, 0.05) is 5.56 Å². The molecule has 1 atom stereocenters. The van der Waals surface area contributed by atoms with Crippen LogP contribution < -0.4 is 10.2 Å². The number of nitrogens with zero attached hydrogens (tertiary/aromatic N) is 2. The van der Waals surface area contributed by atoms with Crippen molar-refractivity contribution in [2.75, 3.05) is 0 Å². The Hall–Kier alpha value is -2.28. The lowest BCUT2D eigenvalue weighted by molar-refractivity contribution is -0.274. The quantitative estimate of drug-likeness (QED) is 0.884. The van der Waals surface area contributed by atoms with Crippen LogP contribution in [0, 0.1) is 5.92 Å². The van der Waals surface area contributed by atoms with Crippen LogP contribution in [0.1, 0.15) is 31.7 Å². The minimum atomic E-state index is -4.70. The highest BCUT2D eigenvalue weighted by atomic mass is 19.4. The highest BCUT2D eigenvalue weighted by Gasteiger charge is 2.39. The summed E-state index contributed by atoms with van der Waals surface area (Å²) in [6, 6.07) is 6.02. The Kier molecular flexibility index (Phi) is 3.83. The average Bonchev–Trinajstić information content (AvgIpc) is 3.31. The van der Waals surface area contributed by atoms with Gasteiger partial charge in [-0.15, -0.1) is 13.2 Å². The SMILES string of the molecule is CCC1=CC=C(c2cccc(OC(F)(F)F)c2)N2NC(C3CC3)N=C12. The summed E-state index contributed by atoms with van der Waals surface area (Å²) in [5, 5.41) is 1.90. The molecule has 3 aliphatic rings. The molecule has 4 nitrogen and oxygen atoms in total. The molecule has 2 heterocycles. The van der Waals surface area contributed by atoms with E-state index in [1.165, 1.54) is 12.1 Å². The predicted molar refractivity (Wildman–Crippen MR) is 88.4 cm³/mol. The van der Waals surface area contributed by atoms with E-state index < -0.39 is 6.36 Å². The molecule has 0 aromatic heterocycles. The fraction of sp³-hybridized carbons (Fsp3) is 0.389. The number of ether oxygens (including phenoxy) is 1. The standard InChI is InChI=1S/C18H18F3N3O/c1-2-11-8-9-15(24-17(11)22-16(23-24)12-6-7-12)13-4-3-5-14(10-13)25-18(19,20)21/h3-5,8-10,12,16,23H,2,6-7H2,1H3. The van der Waals surface area contributed by atoms with Crippen LogP contribution in [0.4, 0.5) is 13.2 Å². The third-order valence-corrected chi connectivity index (χ3v) is 4.52. The maximum Gasteiger partial charge on any atom is 0.573 e. The van der Waals surface area contributed by atoms with Gasteiger partial charge in [-0.1, -0.05) is 25.1 Å². The van der Waals surface area contributed by atoms with E-state index in [0.29, 0.717) is 11.5 Å². The van der Waals surface area contributed by atoms with Gasteiger partial charge in [0.1, 0.15) is 17.8 Å². The second-order valence-electron chi connectivity index (χ2n) is 6.37. The summed E-state index contributed by atoms with van der Waals surface area (Å²) >= 11 is 0. The van der Waals surface area contributed by atoms with Gasteiger partial charge in [-0.25, -0.2) is 10.4 Å². The highest BCUT2D eigenvalue weighted by Crippen LogP contribution is 2.38. The second kappa shape index (κ2) is 5.91. The number of fused-ring (bicyclic) bond motifs is 1. The molecule has 0 bridgehead atoms. The Balaban J connectivity index is 1.66. The molecule has 1 aromatic rings. The lowest BCUT2D eigenvalue weighted by atomic mass is 10.0.